The number of aromatic amines is 2. The molecule has 1 aromatic carbocycles. The number of hydrogen-bond acceptors (Lipinski definition) is 4. The van der Waals surface area contributed by atoms with Gasteiger partial charge in [0.15, 0.2) is 5.82 Å². The molecule has 0 unspecified atom stereocenters. The van der Waals surface area contributed by atoms with Gasteiger partial charge in [-0.3, -0.25) is 15.5 Å². The molecule has 0 atom stereocenters. The maximum absolute atomic E-state index is 11.8. The van der Waals surface area contributed by atoms with Crippen LogP contribution in [-0.2, 0) is 4.74 Å². The smallest absolute Gasteiger partial charge is 0.412 e. The van der Waals surface area contributed by atoms with Gasteiger partial charge in [0.25, 0.3) is 0 Å². The van der Waals surface area contributed by atoms with Crippen molar-refractivity contribution in [1.82, 2.24) is 15.2 Å². The number of rotatable bonds is 2. The van der Waals surface area contributed by atoms with Crippen molar-refractivity contribution in [2.45, 2.75) is 26.4 Å². The first kappa shape index (κ1) is 14.3. The zero-order valence-electron chi connectivity index (χ0n) is 11.5. The molecule has 0 saturated heterocycles. The summed E-state index contributed by atoms with van der Waals surface area (Å²) in [5.74, 6) is 0.557. The first-order valence-electron chi connectivity index (χ1n) is 6.09. The quantitative estimate of drug-likeness (QED) is 0.740. The van der Waals surface area contributed by atoms with E-state index >= 15 is 0 Å². The minimum Gasteiger partial charge on any atom is -0.444 e. The Hall–Kier alpha value is -2.15. The number of H-pyrrole nitrogens is 2. The summed E-state index contributed by atoms with van der Waals surface area (Å²) in [6.07, 6.45) is -0.515. The van der Waals surface area contributed by atoms with Crippen molar-refractivity contribution in [1.29, 1.82) is 0 Å². The molecule has 0 spiro atoms. The van der Waals surface area contributed by atoms with Gasteiger partial charge in [-0.2, -0.15) is 4.98 Å². The Bertz CT molecular complexity index is 669. The normalized spacial score (nSPS) is 11.2. The van der Waals surface area contributed by atoms with Crippen molar-refractivity contribution < 1.29 is 9.53 Å². The predicted octanol–water partition coefficient (Wildman–Crippen LogP) is 3.48. The molecule has 106 valence electrons. The highest BCUT2D eigenvalue weighted by atomic mass is 32.1. The van der Waals surface area contributed by atoms with E-state index < -0.39 is 11.7 Å². The molecule has 0 fully saturated rings. The second-order valence-corrected chi connectivity index (χ2v) is 5.57. The van der Waals surface area contributed by atoms with Gasteiger partial charge in [-0.1, -0.05) is 12.1 Å². The van der Waals surface area contributed by atoms with Crippen molar-refractivity contribution in [2.24, 2.45) is 0 Å². The van der Waals surface area contributed by atoms with Crippen molar-refractivity contribution in [3.63, 3.8) is 0 Å². The standard InChI is InChI=1S/C13H16N4O2S/c1-13(2,3)19-12(18)14-9-7-5-4-6-8(9)10-15-11(20)17-16-10/h4-7H,1-3H3,(H,14,18)(H2,15,16,17,20). The minimum absolute atomic E-state index is 0.354. The lowest BCUT2D eigenvalue weighted by atomic mass is 10.1. The van der Waals surface area contributed by atoms with E-state index in [-0.39, 0.29) is 0 Å². The molecule has 7 heteroatoms. The largest absolute Gasteiger partial charge is 0.444 e. The average Bonchev–Trinajstić information content (AvgIpc) is 2.74. The summed E-state index contributed by atoms with van der Waals surface area (Å²) in [4.78, 5) is 16.0. The maximum atomic E-state index is 11.8. The zero-order chi connectivity index (χ0) is 14.8. The Balaban J connectivity index is 2.25. The topological polar surface area (TPSA) is 82.8 Å². The van der Waals surface area contributed by atoms with Gasteiger partial charge in [-0.15, -0.1) is 0 Å². The molecule has 0 bridgehead atoms. The number of anilines is 1. The Morgan fingerprint density at radius 3 is 2.60 bits per heavy atom. The number of amides is 1. The number of nitrogens with one attached hydrogen (secondary N) is 3. The third-order valence-electron chi connectivity index (χ3n) is 2.32. The summed E-state index contributed by atoms with van der Waals surface area (Å²) in [7, 11) is 0. The van der Waals surface area contributed by atoms with E-state index in [1.807, 2.05) is 39.0 Å². The molecule has 0 aliphatic rings. The third kappa shape index (κ3) is 3.67. The molecule has 2 rings (SSSR count). The molecule has 1 aromatic heterocycles. The van der Waals surface area contributed by atoms with Crippen LogP contribution in [0, 0.1) is 4.77 Å². The van der Waals surface area contributed by atoms with Crippen LogP contribution in [0.2, 0.25) is 0 Å². The Kier molecular flexibility index (Phi) is 3.89. The van der Waals surface area contributed by atoms with Crippen LogP contribution in [0.5, 0.6) is 0 Å². The van der Waals surface area contributed by atoms with Gasteiger partial charge in [-0.05, 0) is 45.1 Å². The lowest BCUT2D eigenvalue weighted by molar-refractivity contribution is 0.0636. The number of aromatic nitrogens is 3. The van der Waals surface area contributed by atoms with E-state index in [2.05, 4.69) is 20.5 Å². The van der Waals surface area contributed by atoms with Gasteiger partial charge in [-0.25, -0.2) is 4.79 Å². The maximum Gasteiger partial charge on any atom is 0.412 e. The number of carbonyl (C=O) groups excluding carboxylic acids is 1. The molecule has 0 aliphatic carbocycles. The molecule has 1 amide bonds. The van der Waals surface area contributed by atoms with Gasteiger partial charge in [0, 0.05) is 5.56 Å². The summed E-state index contributed by atoms with van der Waals surface area (Å²) in [6.45, 7) is 5.43. The number of carbonyl (C=O) groups is 1. The second-order valence-electron chi connectivity index (χ2n) is 5.19. The van der Waals surface area contributed by atoms with Gasteiger partial charge in [0.2, 0.25) is 4.77 Å². The lowest BCUT2D eigenvalue weighted by Gasteiger charge is -2.20. The molecule has 0 radical (unpaired) electrons. The number of benzene rings is 1. The average molecular weight is 292 g/mol. The Labute approximate surface area is 121 Å². The van der Waals surface area contributed by atoms with Crippen molar-refractivity contribution in [3.05, 3.63) is 29.0 Å². The summed E-state index contributed by atoms with van der Waals surface area (Å²) < 4.78 is 5.58. The van der Waals surface area contributed by atoms with Crippen LogP contribution in [0.1, 0.15) is 20.8 Å². The van der Waals surface area contributed by atoms with Crippen LogP contribution in [-0.4, -0.2) is 26.9 Å². The van der Waals surface area contributed by atoms with Crippen LogP contribution in [0.25, 0.3) is 11.4 Å². The van der Waals surface area contributed by atoms with Gasteiger partial charge in [0.1, 0.15) is 5.60 Å². The van der Waals surface area contributed by atoms with Crippen LogP contribution < -0.4 is 5.32 Å². The molecule has 6 nitrogen and oxygen atoms in total. The highest BCUT2D eigenvalue weighted by Gasteiger charge is 2.17. The van der Waals surface area contributed by atoms with Gasteiger partial charge in [0.05, 0.1) is 5.69 Å². The van der Waals surface area contributed by atoms with Crippen LogP contribution in [0.4, 0.5) is 10.5 Å². The molecule has 2 aromatic rings. The van der Waals surface area contributed by atoms with E-state index in [4.69, 9.17) is 17.0 Å². The second kappa shape index (κ2) is 5.46. The fourth-order valence-corrected chi connectivity index (χ4v) is 1.75. The fourth-order valence-electron chi connectivity index (χ4n) is 1.61. The first-order chi connectivity index (χ1) is 9.35. The van der Waals surface area contributed by atoms with Crippen molar-refractivity contribution in [2.75, 3.05) is 5.32 Å². The molecular weight excluding hydrogens is 276 g/mol. The fraction of sp³-hybridized carbons (Fsp3) is 0.308. The van der Waals surface area contributed by atoms with Crippen molar-refractivity contribution in [3.8, 4) is 11.4 Å². The van der Waals surface area contributed by atoms with Crippen LogP contribution in [0.15, 0.2) is 24.3 Å². The Morgan fingerprint density at radius 2 is 2.00 bits per heavy atom. The van der Waals surface area contributed by atoms with E-state index in [0.29, 0.717) is 16.3 Å². The first-order valence-corrected chi connectivity index (χ1v) is 6.50. The SMILES string of the molecule is CC(C)(C)OC(=O)Nc1ccccc1-c1nc(=S)[nH][nH]1. The summed E-state index contributed by atoms with van der Waals surface area (Å²) >= 11 is 4.93. The monoisotopic (exact) mass is 292 g/mol. The van der Waals surface area contributed by atoms with Crippen LogP contribution >= 0.6 is 12.2 Å². The molecule has 3 N–H and O–H groups in total. The van der Waals surface area contributed by atoms with Crippen molar-refractivity contribution >= 4 is 24.0 Å². The number of hydrogen-bond donors (Lipinski definition) is 3. The Morgan fingerprint density at radius 1 is 1.30 bits per heavy atom. The minimum atomic E-state index is -0.550. The van der Waals surface area contributed by atoms with Gasteiger partial charge < -0.3 is 4.74 Å². The van der Waals surface area contributed by atoms with E-state index in [1.54, 1.807) is 6.07 Å². The number of nitrogens with zero attached hydrogens (tertiary/aromatic N) is 1. The summed E-state index contributed by atoms with van der Waals surface area (Å²) in [6, 6.07) is 7.26. The highest BCUT2D eigenvalue weighted by molar-refractivity contribution is 7.71. The molecule has 20 heavy (non-hydrogen) atoms. The van der Waals surface area contributed by atoms with E-state index in [0.717, 1.165) is 5.56 Å². The highest BCUT2D eigenvalue weighted by Crippen LogP contribution is 2.25. The number of para-hydroxylation sites is 1. The zero-order valence-corrected chi connectivity index (χ0v) is 12.3. The molecule has 0 saturated carbocycles. The number of ether oxygens (including phenoxy) is 1. The molecular formula is C13H16N4O2S. The summed E-state index contributed by atoms with van der Waals surface area (Å²) in [5, 5.41) is 8.28. The van der Waals surface area contributed by atoms with Gasteiger partial charge >= 0.3 is 6.09 Å². The summed E-state index contributed by atoms with van der Waals surface area (Å²) in [5.41, 5.74) is 0.774. The van der Waals surface area contributed by atoms with E-state index in [1.165, 1.54) is 0 Å². The molecule has 1 heterocycles. The third-order valence-corrected chi connectivity index (χ3v) is 2.51. The van der Waals surface area contributed by atoms with E-state index in [9.17, 15) is 4.79 Å². The predicted molar refractivity (Wildman–Crippen MR) is 79.1 cm³/mol. The lowest BCUT2D eigenvalue weighted by Crippen LogP contribution is -2.27. The molecule has 0 aliphatic heterocycles. The van der Waals surface area contributed by atoms with Crippen LogP contribution in [0.3, 0.4) is 0 Å².